The molecule has 0 amide bonds. The van der Waals surface area contributed by atoms with Gasteiger partial charge in [0.05, 0.1) is 10.7 Å². The molecule has 0 fully saturated rings. The summed E-state index contributed by atoms with van der Waals surface area (Å²) in [7, 11) is 0. The number of para-hydroxylation sites is 2. The number of hydrogen-bond acceptors (Lipinski definition) is 2. The summed E-state index contributed by atoms with van der Waals surface area (Å²) in [5.41, 5.74) is 2.40. The summed E-state index contributed by atoms with van der Waals surface area (Å²) in [4.78, 5) is 3.47. The second-order valence-corrected chi connectivity index (χ2v) is 4.75. The molecule has 0 spiro atoms. The van der Waals surface area contributed by atoms with Crippen molar-refractivity contribution in [3.05, 3.63) is 66.2 Å². The van der Waals surface area contributed by atoms with E-state index >= 15 is 0 Å². The molecular formula is C14H11NS. The molecular weight excluding hydrogens is 214 g/mol. The molecule has 0 saturated heterocycles. The quantitative estimate of drug-likeness (QED) is 0.707. The standard InChI is InChI=1S/C14H11NS/c1-11-15(12-7-3-2-4-8-12)13-9-5-6-10-14(13)16-11/h2-10H,1H2. The highest BCUT2D eigenvalue weighted by Crippen LogP contribution is 2.48. The Kier molecular flexibility index (Phi) is 2.22. The number of thioether (sulfide) groups is 1. The third kappa shape index (κ3) is 1.42. The predicted octanol–water partition coefficient (Wildman–Crippen LogP) is 4.40. The Morgan fingerprint density at radius 3 is 2.38 bits per heavy atom. The van der Waals surface area contributed by atoms with Gasteiger partial charge in [-0.1, -0.05) is 48.7 Å². The van der Waals surface area contributed by atoms with Crippen LogP contribution in [-0.4, -0.2) is 0 Å². The van der Waals surface area contributed by atoms with Crippen molar-refractivity contribution in [1.29, 1.82) is 0 Å². The van der Waals surface area contributed by atoms with E-state index in [-0.39, 0.29) is 0 Å². The SMILES string of the molecule is C=C1Sc2ccccc2N1c1ccccc1. The van der Waals surface area contributed by atoms with E-state index in [0.717, 1.165) is 5.03 Å². The normalized spacial score (nSPS) is 14.0. The van der Waals surface area contributed by atoms with Gasteiger partial charge in [-0.15, -0.1) is 0 Å². The summed E-state index contributed by atoms with van der Waals surface area (Å²) in [6, 6.07) is 18.7. The van der Waals surface area contributed by atoms with Crippen molar-refractivity contribution in [2.24, 2.45) is 0 Å². The smallest absolute Gasteiger partial charge is 0.0774 e. The number of rotatable bonds is 1. The maximum Gasteiger partial charge on any atom is 0.0774 e. The zero-order valence-electron chi connectivity index (χ0n) is 8.76. The van der Waals surface area contributed by atoms with Crippen molar-refractivity contribution < 1.29 is 0 Å². The minimum atomic E-state index is 1.06. The van der Waals surface area contributed by atoms with Crippen LogP contribution in [0.1, 0.15) is 0 Å². The molecule has 2 aromatic carbocycles. The molecule has 3 rings (SSSR count). The van der Waals surface area contributed by atoms with Gasteiger partial charge in [0.2, 0.25) is 0 Å². The van der Waals surface area contributed by atoms with E-state index in [4.69, 9.17) is 0 Å². The summed E-state index contributed by atoms with van der Waals surface area (Å²) >= 11 is 1.73. The van der Waals surface area contributed by atoms with Crippen LogP contribution < -0.4 is 4.90 Å². The van der Waals surface area contributed by atoms with Crippen LogP contribution in [0.5, 0.6) is 0 Å². The number of hydrogen-bond donors (Lipinski definition) is 0. The fraction of sp³-hybridized carbons (Fsp3) is 0. The third-order valence-corrected chi connectivity index (χ3v) is 3.58. The second-order valence-electron chi connectivity index (χ2n) is 3.63. The van der Waals surface area contributed by atoms with Crippen molar-refractivity contribution in [3.8, 4) is 0 Å². The summed E-state index contributed by atoms with van der Waals surface area (Å²) in [6.07, 6.45) is 0. The zero-order chi connectivity index (χ0) is 11.0. The molecule has 0 saturated carbocycles. The summed E-state index contributed by atoms with van der Waals surface area (Å²) in [6.45, 7) is 4.12. The molecule has 0 N–H and O–H groups in total. The van der Waals surface area contributed by atoms with E-state index < -0.39 is 0 Å². The third-order valence-electron chi connectivity index (χ3n) is 2.60. The van der Waals surface area contributed by atoms with Crippen LogP contribution in [0.4, 0.5) is 11.4 Å². The lowest BCUT2D eigenvalue weighted by Crippen LogP contribution is -2.08. The first-order valence-corrected chi connectivity index (χ1v) is 5.99. The summed E-state index contributed by atoms with van der Waals surface area (Å²) in [5.74, 6) is 0. The Morgan fingerprint density at radius 2 is 1.56 bits per heavy atom. The van der Waals surface area contributed by atoms with Gasteiger partial charge in [0.15, 0.2) is 0 Å². The molecule has 78 valence electrons. The number of benzene rings is 2. The van der Waals surface area contributed by atoms with Crippen LogP contribution in [0.2, 0.25) is 0 Å². The topological polar surface area (TPSA) is 3.24 Å². The number of fused-ring (bicyclic) bond motifs is 1. The molecule has 0 aromatic heterocycles. The van der Waals surface area contributed by atoms with Crippen LogP contribution in [0.15, 0.2) is 71.1 Å². The Balaban J connectivity index is 2.13. The van der Waals surface area contributed by atoms with Crippen LogP contribution in [0.3, 0.4) is 0 Å². The Bertz CT molecular complexity index is 533. The second kappa shape index (κ2) is 3.72. The molecule has 0 bridgehead atoms. The average molecular weight is 225 g/mol. The molecule has 2 aromatic rings. The monoisotopic (exact) mass is 225 g/mol. The maximum atomic E-state index is 4.12. The molecule has 0 aliphatic carbocycles. The molecule has 2 heteroatoms. The molecule has 1 aliphatic rings. The van der Waals surface area contributed by atoms with E-state index in [1.54, 1.807) is 11.8 Å². The van der Waals surface area contributed by atoms with E-state index in [1.165, 1.54) is 16.3 Å². The maximum absolute atomic E-state index is 4.12. The average Bonchev–Trinajstić information content (AvgIpc) is 2.66. The summed E-state index contributed by atoms with van der Waals surface area (Å²) < 4.78 is 0. The van der Waals surface area contributed by atoms with Gasteiger partial charge in [0.25, 0.3) is 0 Å². The van der Waals surface area contributed by atoms with Gasteiger partial charge in [0.1, 0.15) is 0 Å². The van der Waals surface area contributed by atoms with Crippen molar-refractivity contribution >= 4 is 23.1 Å². The molecule has 1 heterocycles. The Labute approximate surface area is 99.4 Å². The number of nitrogens with zero attached hydrogens (tertiary/aromatic N) is 1. The first-order chi connectivity index (χ1) is 7.86. The van der Waals surface area contributed by atoms with Crippen molar-refractivity contribution in [2.75, 3.05) is 4.90 Å². The predicted molar refractivity (Wildman–Crippen MR) is 70.0 cm³/mol. The largest absolute Gasteiger partial charge is 0.304 e. The van der Waals surface area contributed by atoms with Gasteiger partial charge in [-0.2, -0.15) is 0 Å². The van der Waals surface area contributed by atoms with Crippen LogP contribution in [0, 0.1) is 0 Å². The molecule has 1 nitrogen and oxygen atoms in total. The lowest BCUT2D eigenvalue weighted by Gasteiger charge is -2.19. The molecule has 0 unspecified atom stereocenters. The van der Waals surface area contributed by atoms with Gasteiger partial charge in [-0.05, 0) is 24.3 Å². The van der Waals surface area contributed by atoms with Crippen molar-refractivity contribution in [2.45, 2.75) is 4.90 Å². The minimum absolute atomic E-state index is 1.06. The first kappa shape index (κ1) is 9.55. The van der Waals surface area contributed by atoms with Crippen LogP contribution in [-0.2, 0) is 0 Å². The molecule has 0 atom stereocenters. The van der Waals surface area contributed by atoms with Gasteiger partial charge in [-0.25, -0.2) is 0 Å². The highest BCUT2D eigenvalue weighted by Gasteiger charge is 2.23. The fourth-order valence-corrected chi connectivity index (χ4v) is 2.85. The van der Waals surface area contributed by atoms with E-state index in [9.17, 15) is 0 Å². The highest BCUT2D eigenvalue weighted by molar-refractivity contribution is 8.03. The van der Waals surface area contributed by atoms with Crippen molar-refractivity contribution in [3.63, 3.8) is 0 Å². The van der Waals surface area contributed by atoms with Gasteiger partial charge < -0.3 is 4.90 Å². The highest BCUT2D eigenvalue weighted by atomic mass is 32.2. The lowest BCUT2D eigenvalue weighted by molar-refractivity contribution is 1.25. The van der Waals surface area contributed by atoms with Gasteiger partial charge >= 0.3 is 0 Å². The van der Waals surface area contributed by atoms with E-state index in [0.29, 0.717) is 0 Å². The zero-order valence-corrected chi connectivity index (χ0v) is 9.58. The van der Waals surface area contributed by atoms with Crippen LogP contribution >= 0.6 is 11.8 Å². The van der Waals surface area contributed by atoms with E-state index in [2.05, 4.69) is 47.9 Å². The Hall–Kier alpha value is -1.67. The number of anilines is 2. The summed E-state index contributed by atoms with van der Waals surface area (Å²) in [5, 5.41) is 1.06. The minimum Gasteiger partial charge on any atom is -0.304 e. The van der Waals surface area contributed by atoms with Crippen LogP contribution in [0.25, 0.3) is 0 Å². The molecule has 0 radical (unpaired) electrons. The van der Waals surface area contributed by atoms with Crippen molar-refractivity contribution in [1.82, 2.24) is 0 Å². The Morgan fingerprint density at radius 1 is 0.875 bits per heavy atom. The molecule has 1 aliphatic heterocycles. The fourth-order valence-electron chi connectivity index (χ4n) is 1.90. The lowest BCUT2D eigenvalue weighted by atomic mass is 10.2. The van der Waals surface area contributed by atoms with Gasteiger partial charge in [0, 0.05) is 10.6 Å². The molecule has 16 heavy (non-hydrogen) atoms. The van der Waals surface area contributed by atoms with E-state index in [1.807, 2.05) is 18.2 Å². The van der Waals surface area contributed by atoms with Gasteiger partial charge in [-0.3, -0.25) is 0 Å². The first-order valence-electron chi connectivity index (χ1n) is 5.17.